The topological polar surface area (TPSA) is 81.7 Å². The molecule has 0 aliphatic carbocycles. The number of hydrogen-bond acceptors (Lipinski definition) is 3. The number of nitrogens with one attached hydrogen (secondary N) is 2. The molecule has 2 amide bonds. The van der Waals surface area contributed by atoms with Crippen molar-refractivity contribution in [3.05, 3.63) is 34.3 Å². The molecule has 1 aliphatic heterocycles. The molecule has 0 aromatic heterocycles. The van der Waals surface area contributed by atoms with E-state index in [1.807, 2.05) is 12.1 Å². The van der Waals surface area contributed by atoms with Gasteiger partial charge in [0, 0.05) is 44.2 Å². The zero-order valence-electron chi connectivity index (χ0n) is 13.0. The molecule has 0 saturated heterocycles. The highest BCUT2D eigenvalue weighted by molar-refractivity contribution is 6.31. The molecule has 0 fully saturated rings. The van der Waals surface area contributed by atoms with Crippen LogP contribution in [0.4, 0.5) is 4.79 Å². The van der Waals surface area contributed by atoms with E-state index in [2.05, 4.69) is 21.6 Å². The summed E-state index contributed by atoms with van der Waals surface area (Å²) in [6.07, 6.45) is 1.43. The summed E-state index contributed by atoms with van der Waals surface area (Å²) in [5.74, 6) is -0.849. The van der Waals surface area contributed by atoms with Crippen molar-refractivity contribution in [2.45, 2.75) is 25.8 Å². The molecule has 1 aliphatic rings. The second-order valence-electron chi connectivity index (χ2n) is 5.58. The number of nitrogens with zero attached hydrogens (tertiary/aromatic N) is 1. The first-order chi connectivity index (χ1) is 11.1. The Morgan fingerprint density at radius 1 is 1.26 bits per heavy atom. The van der Waals surface area contributed by atoms with Crippen LogP contribution in [0, 0.1) is 0 Å². The third-order valence-corrected chi connectivity index (χ3v) is 4.21. The van der Waals surface area contributed by atoms with Crippen LogP contribution >= 0.6 is 11.6 Å². The van der Waals surface area contributed by atoms with Crippen molar-refractivity contribution in [1.29, 1.82) is 0 Å². The molecule has 6 nitrogen and oxygen atoms in total. The van der Waals surface area contributed by atoms with Gasteiger partial charge >= 0.3 is 12.0 Å². The molecule has 0 spiro atoms. The Kier molecular flexibility index (Phi) is 6.67. The molecule has 1 aromatic rings. The number of carboxylic acids is 1. The molecule has 1 aromatic carbocycles. The van der Waals surface area contributed by atoms with E-state index in [-0.39, 0.29) is 12.5 Å². The van der Waals surface area contributed by atoms with Crippen LogP contribution in [0.3, 0.4) is 0 Å². The second-order valence-corrected chi connectivity index (χ2v) is 5.99. The highest BCUT2D eigenvalue weighted by Crippen LogP contribution is 2.25. The van der Waals surface area contributed by atoms with Gasteiger partial charge in [0.1, 0.15) is 0 Å². The number of benzene rings is 1. The molecule has 0 bridgehead atoms. The lowest BCUT2D eigenvalue weighted by Gasteiger charge is -2.29. The van der Waals surface area contributed by atoms with Crippen molar-refractivity contribution in [2.24, 2.45) is 0 Å². The van der Waals surface area contributed by atoms with Gasteiger partial charge in [0.25, 0.3) is 0 Å². The van der Waals surface area contributed by atoms with Crippen LogP contribution in [0.15, 0.2) is 18.2 Å². The number of halogens is 1. The van der Waals surface area contributed by atoms with E-state index in [1.54, 1.807) is 0 Å². The maximum atomic E-state index is 11.6. The minimum atomic E-state index is -0.849. The minimum absolute atomic E-state index is 0.0655. The minimum Gasteiger partial charge on any atom is -0.481 e. The largest absolute Gasteiger partial charge is 0.481 e. The average Bonchev–Trinajstić information content (AvgIpc) is 2.51. The summed E-state index contributed by atoms with van der Waals surface area (Å²) < 4.78 is 0. The van der Waals surface area contributed by atoms with E-state index in [9.17, 15) is 9.59 Å². The summed E-state index contributed by atoms with van der Waals surface area (Å²) in [5.41, 5.74) is 2.48. The van der Waals surface area contributed by atoms with Crippen LogP contribution in [-0.2, 0) is 17.8 Å². The third kappa shape index (κ3) is 5.73. The molecule has 2 rings (SSSR count). The molecule has 7 heteroatoms. The van der Waals surface area contributed by atoms with Gasteiger partial charge in [-0.05, 0) is 30.0 Å². The number of carbonyl (C=O) groups excluding carboxylic acids is 1. The first-order valence-corrected chi connectivity index (χ1v) is 8.16. The van der Waals surface area contributed by atoms with Crippen molar-refractivity contribution >= 4 is 23.6 Å². The fourth-order valence-corrected chi connectivity index (χ4v) is 2.93. The van der Waals surface area contributed by atoms with Gasteiger partial charge in [0.2, 0.25) is 0 Å². The van der Waals surface area contributed by atoms with E-state index in [1.165, 1.54) is 11.1 Å². The Morgan fingerprint density at radius 3 is 2.83 bits per heavy atom. The zero-order chi connectivity index (χ0) is 16.7. The smallest absolute Gasteiger partial charge is 0.314 e. The first kappa shape index (κ1) is 17.6. The quantitative estimate of drug-likeness (QED) is 0.662. The highest BCUT2D eigenvalue weighted by atomic mass is 35.5. The van der Waals surface area contributed by atoms with Crippen LogP contribution in [0.25, 0.3) is 0 Å². The Labute approximate surface area is 140 Å². The SMILES string of the molecule is O=C(O)CCCNC(=O)NCCN1CCc2c(Cl)cccc2C1. The monoisotopic (exact) mass is 339 g/mol. The van der Waals surface area contributed by atoms with E-state index in [4.69, 9.17) is 16.7 Å². The number of urea groups is 1. The molecular formula is C16H22ClN3O3. The zero-order valence-corrected chi connectivity index (χ0v) is 13.7. The highest BCUT2D eigenvalue weighted by Gasteiger charge is 2.17. The van der Waals surface area contributed by atoms with Crippen molar-refractivity contribution < 1.29 is 14.7 Å². The van der Waals surface area contributed by atoms with Crippen LogP contribution in [0.2, 0.25) is 5.02 Å². The first-order valence-electron chi connectivity index (χ1n) is 7.78. The summed E-state index contributed by atoms with van der Waals surface area (Å²) in [5, 5.41) is 14.8. The molecule has 23 heavy (non-hydrogen) atoms. The van der Waals surface area contributed by atoms with Gasteiger partial charge in [-0.1, -0.05) is 23.7 Å². The summed E-state index contributed by atoms with van der Waals surface area (Å²) in [4.78, 5) is 24.2. The number of aliphatic carboxylic acids is 1. The number of fused-ring (bicyclic) bond motifs is 1. The van der Waals surface area contributed by atoms with Crippen molar-refractivity contribution in [3.63, 3.8) is 0 Å². The summed E-state index contributed by atoms with van der Waals surface area (Å²) in [7, 11) is 0. The molecule has 0 atom stereocenters. The van der Waals surface area contributed by atoms with Crippen LogP contribution in [0.5, 0.6) is 0 Å². The molecule has 126 valence electrons. The van der Waals surface area contributed by atoms with Crippen molar-refractivity contribution in [2.75, 3.05) is 26.2 Å². The van der Waals surface area contributed by atoms with Gasteiger partial charge in [0.05, 0.1) is 0 Å². The second kappa shape index (κ2) is 8.74. The van der Waals surface area contributed by atoms with Crippen molar-refractivity contribution in [1.82, 2.24) is 15.5 Å². The maximum absolute atomic E-state index is 11.6. The lowest BCUT2D eigenvalue weighted by Crippen LogP contribution is -2.42. The lowest BCUT2D eigenvalue weighted by atomic mass is 10.00. The molecule has 0 saturated carbocycles. The standard InChI is InChI=1S/C16H22ClN3O3/c17-14-4-1-3-12-11-20(9-6-13(12)14)10-8-19-16(23)18-7-2-5-15(21)22/h1,3-4H,2,5-11H2,(H,21,22)(H2,18,19,23). The van der Waals surface area contributed by atoms with Gasteiger partial charge < -0.3 is 15.7 Å². The van der Waals surface area contributed by atoms with Gasteiger partial charge in [-0.3, -0.25) is 9.69 Å². The molecule has 1 heterocycles. The number of carboxylic acid groups (broad SMARTS) is 1. The molecule has 3 N–H and O–H groups in total. The van der Waals surface area contributed by atoms with Gasteiger partial charge in [0.15, 0.2) is 0 Å². The summed E-state index contributed by atoms with van der Waals surface area (Å²) in [6, 6.07) is 5.73. The van der Waals surface area contributed by atoms with Gasteiger partial charge in [-0.25, -0.2) is 4.79 Å². The van der Waals surface area contributed by atoms with Gasteiger partial charge in [-0.15, -0.1) is 0 Å². The fraction of sp³-hybridized carbons (Fsp3) is 0.500. The normalized spacial score (nSPS) is 14.1. The summed E-state index contributed by atoms with van der Waals surface area (Å²) in [6.45, 7) is 3.47. The number of rotatable bonds is 7. The maximum Gasteiger partial charge on any atom is 0.314 e. The fourth-order valence-electron chi connectivity index (χ4n) is 2.64. The molecule has 0 radical (unpaired) electrons. The van der Waals surface area contributed by atoms with Crippen LogP contribution < -0.4 is 10.6 Å². The van der Waals surface area contributed by atoms with Crippen molar-refractivity contribution in [3.8, 4) is 0 Å². The van der Waals surface area contributed by atoms with Crippen LogP contribution in [0.1, 0.15) is 24.0 Å². The van der Waals surface area contributed by atoms with E-state index < -0.39 is 5.97 Å². The summed E-state index contributed by atoms with van der Waals surface area (Å²) >= 11 is 6.20. The van der Waals surface area contributed by atoms with E-state index >= 15 is 0 Å². The number of hydrogen-bond donors (Lipinski definition) is 3. The Bertz CT molecular complexity index is 566. The Morgan fingerprint density at radius 2 is 2.04 bits per heavy atom. The predicted molar refractivity (Wildman–Crippen MR) is 88.7 cm³/mol. The van der Waals surface area contributed by atoms with E-state index in [0.717, 1.165) is 31.1 Å². The Hall–Kier alpha value is -1.79. The lowest BCUT2D eigenvalue weighted by molar-refractivity contribution is -0.137. The van der Waals surface area contributed by atoms with E-state index in [0.29, 0.717) is 19.5 Å². The number of carbonyl (C=O) groups is 2. The Balaban J connectivity index is 1.64. The van der Waals surface area contributed by atoms with Crippen LogP contribution in [-0.4, -0.2) is 48.2 Å². The van der Waals surface area contributed by atoms with Gasteiger partial charge in [-0.2, -0.15) is 0 Å². The number of amides is 2. The molecular weight excluding hydrogens is 318 g/mol. The molecule has 0 unspecified atom stereocenters. The average molecular weight is 340 g/mol. The third-order valence-electron chi connectivity index (χ3n) is 3.85. The predicted octanol–water partition coefficient (Wildman–Crippen LogP) is 1.86.